The van der Waals surface area contributed by atoms with Crippen molar-refractivity contribution in [1.29, 1.82) is 0 Å². The van der Waals surface area contributed by atoms with E-state index in [-0.39, 0.29) is 25.7 Å². The third-order valence-corrected chi connectivity index (χ3v) is 6.58. The number of hydrogen-bond donors (Lipinski definition) is 8. The van der Waals surface area contributed by atoms with Crippen molar-refractivity contribution in [2.75, 3.05) is 6.54 Å². The van der Waals surface area contributed by atoms with E-state index >= 15 is 0 Å². The predicted octanol–water partition coefficient (Wildman–Crippen LogP) is -0.373. The number of amides is 4. The largest absolute Gasteiger partial charge is 0.480 e. The fourth-order valence-corrected chi connectivity index (χ4v) is 4.24. The number of carbonyl (C=O) groups is 5. The SMILES string of the molecule is CC(C)C(NC(=O)C(CCCCN)NC(=O)C(Cc1c[nH]c2ccccc12)NC(=O)C(N)CCC(N)=O)C(=O)O. The molecule has 0 aliphatic carbocycles. The molecule has 40 heavy (non-hydrogen) atoms. The van der Waals surface area contributed by atoms with Crippen LogP contribution in [0.1, 0.15) is 51.5 Å². The van der Waals surface area contributed by atoms with Crippen molar-refractivity contribution in [3.05, 3.63) is 36.0 Å². The van der Waals surface area contributed by atoms with Crippen molar-refractivity contribution >= 4 is 40.5 Å². The summed E-state index contributed by atoms with van der Waals surface area (Å²) in [6.45, 7) is 3.71. The number of unbranched alkanes of at least 4 members (excludes halogenated alkanes) is 1. The van der Waals surface area contributed by atoms with Gasteiger partial charge in [-0.3, -0.25) is 19.2 Å². The highest BCUT2D eigenvalue weighted by Gasteiger charge is 2.31. The van der Waals surface area contributed by atoms with Crippen molar-refractivity contribution in [3.8, 4) is 0 Å². The van der Waals surface area contributed by atoms with E-state index in [1.54, 1.807) is 20.0 Å². The third-order valence-electron chi connectivity index (χ3n) is 6.58. The molecule has 1 aromatic heterocycles. The second-order valence-corrected chi connectivity index (χ2v) is 10.2. The Kier molecular flexibility index (Phi) is 12.6. The molecule has 0 radical (unpaired) electrons. The summed E-state index contributed by atoms with van der Waals surface area (Å²) in [5.74, 6) is -4.14. The first-order chi connectivity index (χ1) is 18.9. The predicted molar refractivity (Wildman–Crippen MR) is 150 cm³/mol. The Bertz CT molecular complexity index is 1180. The summed E-state index contributed by atoms with van der Waals surface area (Å²) in [5.41, 5.74) is 18.3. The Morgan fingerprint density at radius 2 is 1.57 bits per heavy atom. The molecule has 0 bridgehead atoms. The maximum atomic E-state index is 13.6. The number of benzene rings is 1. The first kappa shape index (κ1) is 32.2. The Morgan fingerprint density at radius 1 is 0.925 bits per heavy atom. The van der Waals surface area contributed by atoms with Crippen molar-refractivity contribution < 1.29 is 29.1 Å². The van der Waals surface area contributed by atoms with E-state index in [9.17, 15) is 29.1 Å². The fourth-order valence-electron chi connectivity index (χ4n) is 4.24. The highest BCUT2D eigenvalue weighted by Crippen LogP contribution is 2.19. The molecule has 2 aromatic rings. The summed E-state index contributed by atoms with van der Waals surface area (Å²) < 4.78 is 0. The van der Waals surface area contributed by atoms with Gasteiger partial charge in [-0.05, 0) is 49.8 Å². The third kappa shape index (κ3) is 9.65. The minimum Gasteiger partial charge on any atom is -0.480 e. The maximum absolute atomic E-state index is 13.6. The summed E-state index contributed by atoms with van der Waals surface area (Å²) in [4.78, 5) is 65.4. The van der Waals surface area contributed by atoms with E-state index in [0.29, 0.717) is 19.4 Å². The highest BCUT2D eigenvalue weighted by molar-refractivity contribution is 5.95. The normalized spacial score (nSPS) is 14.2. The molecule has 13 nitrogen and oxygen atoms in total. The number of rotatable bonds is 17. The van der Waals surface area contributed by atoms with E-state index in [2.05, 4.69) is 20.9 Å². The van der Waals surface area contributed by atoms with Gasteiger partial charge < -0.3 is 43.2 Å². The summed E-state index contributed by atoms with van der Waals surface area (Å²) in [6, 6.07) is 3.02. The molecule has 1 aromatic carbocycles. The van der Waals surface area contributed by atoms with Gasteiger partial charge in [0.1, 0.15) is 18.1 Å². The number of carboxylic acid groups (broad SMARTS) is 1. The molecule has 0 spiro atoms. The molecular formula is C27H41N7O6. The van der Waals surface area contributed by atoms with E-state index < -0.39 is 59.7 Å². The smallest absolute Gasteiger partial charge is 0.326 e. The van der Waals surface area contributed by atoms with Gasteiger partial charge in [-0.15, -0.1) is 0 Å². The van der Waals surface area contributed by atoms with Gasteiger partial charge in [0.25, 0.3) is 0 Å². The van der Waals surface area contributed by atoms with Gasteiger partial charge in [-0.2, -0.15) is 0 Å². The minimum atomic E-state index is -1.19. The topological polar surface area (TPSA) is 236 Å². The van der Waals surface area contributed by atoms with Gasteiger partial charge in [0.05, 0.1) is 6.04 Å². The first-order valence-electron chi connectivity index (χ1n) is 13.4. The van der Waals surface area contributed by atoms with Crippen LogP contribution in [-0.2, 0) is 30.4 Å². The van der Waals surface area contributed by atoms with Gasteiger partial charge in [-0.25, -0.2) is 4.79 Å². The number of para-hydroxylation sites is 1. The number of hydrogen-bond acceptors (Lipinski definition) is 7. The number of primary amides is 1. The van der Waals surface area contributed by atoms with Crippen LogP contribution in [0, 0.1) is 5.92 Å². The molecule has 0 saturated heterocycles. The maximum Gasteiger partial charge on any atom is 0.326 e. The van der Waals surface area contributed by atoms with E-state index in [1.807, 2.05) is 24.3 Å². The van der Waals surface area contributed by atoms with Crippen LogP contribution in [0.25, 0.3) is 10.9 Å². The zero-order chi connectivity index (χ0) is 29.8. The van der Waals surface area contributed by atoms with Crippen LogP contribution in [0.4, 0.5) is 0 Å². The molecule has 0 aliphatic heterocycles. The average molecular weight is 560 g/mol. The van der Waals surface area contributed by atoms with Crippen LogP contribution in [0.2, 0.25) is 0 Å². The van der Waals surface area contributed by atoms with E-state index in [4.69, 9.17) is 17.2 Å². The molecule has 4 atom stereocenters. The van der Waals surface area contributed by atoms with E-state index in [1.165, 1.54) is 0 Å². The van der Waals surface area contributed by atoms with Gasteiger partial charge in [0, 0.05) is 29.9 Å². The molecule has 0 saturated carbocycles. The first-order valence-corrected chi connectivity index (χ1v) is 13.4. The van der Waals surface area contributed by atoms with Crippen molar-refractivity contribution in [2.45, 2.75) is 76.5 Å². The fraction of sp³-hybridized carbons (Fsp3) is 0.519. The lowest BCUT2D eigenvalue weighted by Crippen LogP contribution is -2.58. The summed E-state index contributed by atoms with van der Waals surface area (Å²) in [7, 11) is 0. The summed E-state index contributed by atoms with van der Waals surface area (Å²) in [5, 5.41) is 18.2. The van der Waals surface area contributed by atoms with Crippen LogP contribution in [0.5, 0.6) is 0 Å². The molecule has 2 rings (SSSR count). The monoisotopic (exact) mass is 559 g/mol. The zero-order valence-corrected chi connectivity index (χ0v) is 22.9. The van der Waals surface area contributed by atoms with Gasteiger partial charge >= 0.3 is 5.97 Å². The summed E-state index contributed by atoms with van der Waals surface area (Å²) in [6.07, 6.45) is 3.02. The Balaban J connectivity index is 2.30. The number of aromatic amines is 1. The molecule has 11 N–H and O–H groups in total. The zero-order valence-electron chi connectivity index (χ0n) is 22.9. The molecule has 0 aliphatic rings. The number of carboxylic acids is 1. The Hall–Kier alpha value is -3.97. The van der Waals surface area contributed by atoms with E-state index in [0.717, 1.165) is 16.5 Å². The molecule has 4 amide bonds. The Morgan fingerprint density at radius 3 is 2.20 bits per heavy atom. The quantitative estimate of drug-likeness (QED) is 0.119. The van der Waals surface area contributed by atoms with Crippen LogP contribution in [-0.4, -0.2) is 70.4 Å². The minimum absolute atomic E-state index is 0.00150. The van der Waals surface area contributed by atoms with Crippen LogP contribution >= 0.6 is 0 Å². The van der Waals surface area contributed by atoms with Crippen molar-refractivity contribution in [1.82, 2.24) is 20.9 Å². The molecule has 0 fully saturated rings. The standard InChI is InChI=1S/C27H41N7O6/c1-15(2)23(27(39)40)34-25(37)20(9-5-6-12-28)32-26(38)21(33-24(36)18(29)10-11-22(30)35)13-16-14-31-19-8-4-3-7-17(16)19/h3-4,7-8,14-15,18,20-21,23,31H,5-6,9-13,28-29H2,1-2H3,(H2,30,35)(H,32,38)(H,33,36)(H,34,37)(H,39,40). The second kappa shape index (κ2) is 15.6. The number of aromatic nitrogens is 1. The Labute approximate surface area is 233 Å². The van der Waals surface area contributed by atoms with Gasteiger partial charge in [0.2, 0.25) is 23.6 Å². The number of carbonyl (C=O) groups excluding carboxylic acids is 4. The molecule has 4 unspecified atom stereocenters. The molecule has 13 heteroatoms. The van der Waals surface area contributed by atoms with Gasteiger partial charge in [-0.1, -0.05) is 32.0 Å². The molecule has 220 valence electrons. The lowest BCUT2D eigenvalue weighted by molar-refractivity contribution is -0.143. The number of fused-ring (bicyclic) bond motifs is 1. The number of aliphatic carboxylic acids is 1. The summed E-state index contributed by atoms with van der Waals surface area (Å²) >= 11 is 0. The number of H-pyrrole nitrogens is 1. The van der Waals surface area contributed by atoms with Crippen LogP contribution in [0.3, 0.4) is 0 Å². The number of nitrogens with one attached hydrogen (secondary N) is 4. The van der Waals surface area contributed by atoms with Crippen molar-refractivity contribution in [2.24, 2.45) is 23.1 Å². The van der Waals surface area contributed by atoms with Crippen molar-refractivity contribution in [3.63, 3.8) is 0 Å². The second-order valence-electron chi connectivity index (χ2n) is 10.2. The average Bonchev–Trinajstić information content (AvgIpc) is 3.31. The lowest BCUT2D eigenvalue weighted by Gasteiger charge is -2.26. The number of nitrogens with two attached hydrogens (primary N) is 3. The lowest BCUT2D eigenvalue weighted by atomic mass is 10.0. The molecule has 1 heterocycles. The highest BCUT2D eigenvalue weighted by atomic mass is 16.4. The van der Waals surface area contributed by atoms with Crippen LogP contribution in [0.15, 0.2) is 30.5 Å². The van der Waals surface area contributed by atoms with Gasteiger partial charge in [0.15, 0.2) is 0 Å². The van der Waals surface area contributed by atoms with Crippen LogP contribution < -0.4 is 33.2 Å². The molecular weight excluding hydrogens is 518 g/mol.